The molecule has 1 aliphatic rings. The second-order valence-electron chi connectivity index (χ2n) is 2.41. The van der Waals surface area contributed by atoms with Gasteiger partial charge >= 0.3 is 0 Å². The molecule has 0 bridgehead atoms. The summed E-state index contributed by atoms with van der Waals surface area (Å²) in [5, 5.41) is 0. The molecule has 1 unspecified atom stereocenters. The minimum Gasteiger partial charge on any atom is -0.0840 e. The van der Waals surface area contributed by atoms with E-state index in [4.69, 9.17) is 0 Å². The molecule has 0 spiro atoms. The monoisotopic (exact) mass is 120 g/mol. The first-order chi connectivity index (χ1) is 4.39. The molecule has 0 aromatic carbocycles. The second kappa shape index (κ2) is 3.29. The topological polar surface area (TPSA) is 0 Å². The molecule has 0 saturated heterocycles. The minimum absolute atomic E-state index is 0.700. The Morgan fingerprint density at radius 2 is 1.89 bits per heavy atom. The number of allylic oxidation sites excluding steroid dienone is 6. The molecule has 1 rings (SSSR count). The maximum Gasteiger partial charge on any atom is -0.0224 e. The van der Waals surface area contributed by atoms with E-state index in [-0.39, 0.29) is 0 Å². The van der Waals surface area contributed by atoms with Crippen molar-refractivity contribution in [1.82, 2.24) is 0 Å². The molecule has 0 amide bonds. The van der Waals surface area contributed by atoms with Crippen molar-refractivity contribution in [2.75, 3.05) is 0 Å². The molecule has 0 heterocycles. The van der Waals surface area contributed by atoms with Crippen LogP contribution in [0.1, 0.15) is 13.3 Å². The second-order valence-corrected chi connectivity index (χ2v) is 2.41. The van der Waals surface area contributed by atoms with Crippen molar-refractivity contribution < 1.29 is 0 Å². The van der Waals surface area contributed by atoms with Gasteiger partial charge < -0.3 is 0 Å². The van der Waals surface area contributed by atoms with Gasteiger partial charge in [-0.1, -0.05) is 43.4 Å². The molecule has 0 aromatic heterocycles. The Morgan fingerprint density at radius 3 is 2.78 bits per heavy atom. The van der Waals surface area contributed by atoms with Crippen molar-refractivity contribution in [2.24, 2.45) is 5.92 Å². The van der Waals surface area contributed by atoms with Crippen LogP contribution in [0.15, 0.2) is 36.5 Å². The van der Waals surface area contributed by atoms with Gasteiger partial charge in [-0.2, -0.15) is 0 Å². The molecule has 1 atom stereocenters. The average Bonchev–Trinajstić information content (AvgIpc) is 1.79. The van der Waals surface area contributed by atoms with Crippen LogP contribution in [0.5, 0.6) is 0 Å². The Bertz CT molecular complexity index is 149. The Kier molecular flexibility index (Phi) is 2.32. The fourth-order valence-electron chi connectivity index (χ4n) is 0.832. The molecule has 48 valence electrons. The first kappa shape index (κ1) is 6.34. The molecule has 0 aromatic rings. The zero-order chi connectivity index (χ0) is 6.53. The Balaban J connectivity index is 2.59. The summed E-state index contributed by atoms with van der Waals surface area (Å²) in [7, 11) is 0. The van der Waals surface area contributed by atoms with E-state index in [2.05, 4.69) is 43.4 Å². The number of hydrogen-bond acceptors (Lipinski definition) is 0. The SMILES string of the molecule is CC1C=CC=CC=CC1. The lowest BCUT2D eigenvalue weighted by molar-refractivity contribution is 0.743. The van der Waals surface area contributed by atoms with E-state index in [1.807, 2.05) is 0 Å². The van der Waals surface area contributed by atoms with E-state index in [0.717, 1.165) is 0 Å². The summed E-state index contributed by atoms with van der Waals surface area (Å²) < 4.78 is 0. The van der Waals surface area contributed by atoms with Gasteiger partial charge in [-0.25, -0.2) is 0 Å². The standard InChI is InChI=1S/C9H12/c1-9-7-5-3-2-4-6-8-9/h2-7,9H,8H2,1H3. The molecule has 0 N–H and O–H groups in total. The molecule has 0 saturated carbocycles. The third-order valence-electron chi connectivity index (χ3n) is 1.42. The van der Waals surface area contributed by atoms with Crippen molar-refractivity contribution in [1.29, 1.82) is 0 Å². The molecule has 1 aliphatic carbocycles. The predicted octanol–water partition coefficient (Wildman–Crippen LogP) is 2.69. The highest BCUT2D eigenvalue weighted by atomic mass is 14.0. The van der Waals surface area contributed by atoms with Crippen LogP contribution >= 0.6 is 0 Å². The zero-order valence-electron chi connectivity index (χ0n) is 5.75. The fraction of sp³-hybridized carbons (Fsp3) is 0.333. The minimum atomic E-state index is 0.700. The van der Waals surface area contributed by atoms with Crippen LogP contribution in [-0.2, 0) is 0 Å². The van der Waals surface area contributed by atoms with Gasteiger partial charge in [0.1, 0.15) is 0 Å². The van der Waals surface area contributed by atoms with Crippen molar-refractivity contribution in [3.8, 4) is 0 Å². The Morgan fingerprint density at radius 1 is 1.11 bits per heavy atom. The van der Waals surface area contributed by atoms with E-state index in [0.29, 0.717) is 5.92 Å². The zero-order valence-corrected chi connectivity index (χ0v) is 5.75. The van der Waals surface area contributed by atoms with Crippen LogP contribution in [0, 0.1) is 5.92 Å². The molecular formula is C9H12. The molecule has 0 fully saturated rings. The summed E-state index contributed by atoms with van der Waals surface area (Å²) in [6.07, 6.45) is 13.9. The van der Waals surface area contributed by atoms with Crippen LogP contribution in [0.2, 0.25) is 0 Å². The quantitative estimate of drug-likeness (QED) is 0.461. The van der Waals surface area contributed by atoms with Gasteiger partial charge in [-0.05, 0) is 12.3 Å². The van der Waals surface area contributed by atoms with Gasteiger partial charge in [0.05, 0.1) is 0 Å². The lowest BCUT2D eigenvalue weighted by Crippen LogP contribution is -1.85. The summed E-state index contributed by atoms with van der Waals surface area (Å²) in [6, 6.07) is 0. The van der Waals surface area contributed by atoms with Gasteiger partial charge in [0.15, 0.2) is 0 Å². The van der Waals surface area contributed by atoms with E-state index in [1.54, 1.807) is 0 Å². The van der Waals surface area contributed by atoms with Crippen LogP contribution < -0.4 is 0 Å². The predicted molar refractivity (Wildman–Crippen MR) is 41.2 cm³/mol. The maximum atomic E-state index is 2.22. The molecule has 0 heteroatoms. The first-order valence-corrected chi connectivity index (χ1v) is 3.39. The highest BCUT2D eigenvalue weighted by Gasteiger charge is 1.91. The Hall–Kier alpha value is -0.780. The van der Waals surface area contributed by atoms with Gasteiger partial charge in [0, 0.05) is 0 Å². The van der Waals surface area contributed by atoms with Crippen molar-refractivity contribution in [3.63, 3.8) is 0 Å². The van der Waals surface area contributed by atoms with Crippen LogP contribution in [0.3, 0.4) is 0 Å². The third-order valence-corrected chi connectivity index (χ3v) is 1.42. The van der Waals surface area contributed by atoms with Crippen molar-refractivity contribution in [2.45, 2.75) is 13.3 Å². The van der Waals surface area contributed by atoms with Crippen LogP contribution in [-0.4, -0.2) is 0 Å². The van der Waals surface area contributed by atoms with E-state index < -0.39 is 0 Å². The van der Waals surface area contributed by atoms with Gasteiger partial charge in [-0.3, -0.25) is 0 Å². The molecule has 9 heavy (non-hydrogen) atoms. The highest BCUT2D eigenvalue weighted by molar-refractivity contribution is 5.14. The molecule has 0 radical (unpaired) electrons. The summed E-state index contributed by atoms with van der Waals surface area (Å²) >= 11 is 0. The van der Waals surface area contributed by atoms with E-state index in [9.17, 15) is 0 Å². The highest BCUT2D eigenvalue weighted by Crippen LogP contribution is 2.06. The van der Waals surface area contributed by atoms with Crippen LogP contribution in [0.4, 0.5) is 0 Å². The summed E-state index contributed by atoms with van der Waals surface area (Å²) in [5.74, 6) is 0.700. The van der Waals surface area contributed by atoms with Gasteiger partial charge in [0.2, 0.25) is 0 Å². The number of hydrogen-bond donors (Lipinski definition) is 0. The smallest absolute Gasteiger partial charge is 0.0224 e. The van der Waals surface area contributed by atoms with Gasteiger partial charge in [-0.15, -0.1) is 0 Å². The number of rotatable bonds is 0. The molecule has 0 nitrogen and oxygen atoms in total. The fourth-order valence-corrected chi connectivity index (χ4v) is 0.832. The Labute approximate surface area is 56.6 Å². The maximum absolute atomic E-state index is 2.22. The summed E-state index contributed by atoms with van der Waals surface area (Å²) in [6.45, 7) is 2.22. The van der Waals surface area contributed by atoms with E-state index in [1.165, 1.54) is 6.42 Å². The summed E-state index contributed by atoms with van der Waals surface area (Å²) in [4.78, 5) is 0. The summed E-state index contributed by atoms with van der Waals surface area (Å²) in [5.41, 5.74) is 0. The van der Waals surface area contributed by atoms with Crippen molar-refractivity contribution >= 4 is 0 Å². The molecule has 0 aliphatic heterocycles. The first-order valence-electron chi connectivity index (χ1n) is 3.39. The van der Waals surface area contributed by atoms with Gasteiger partial charge in [0.25, 0.3) is 0 Å². The molecular weight excluding hydrogens is 108 g/mol. The average molecular weight is 120 g/mol. The largest absolute Gasteiger partial charge is 0.0840 e. The lowest BCUT2D eigenvalue weighted by Gasteiger charge is -2.00. The lowest BCUT2D eigenvalue weighted by atomic mass is 10.1. The van der Waals surface area contributed by atoms with Crippen molar-refractivity contribution in [3.05, 3.63) is 36.5 Å². The third kappa shape index (κ3) is 2.31. The normalized spacial score (nSPS) is 25.7. The van der Waals surface area contributed by atoms with Crippen LogP contribution in [0.25, 0.3) is 0 Å². The van der Waals surface area contributed by atoms with E-state index >= 15 is 0 Å².